The Morgan fingerprint density at radius 3 is 2.39 bits per heavy atom. The van der Waals surface area contributed by atoms with Crippen molar-refractivity contribution >= 4 is 27.3 Å². The van der Waals surface area contributed by atoms with E-state index in [0.717, 1.165) is 17.6 Å². The lowest BCUT2D eigenvalue weighted by Crippen LogP contribution is -2.27. The van der Waals surface area contributed by atoms with Crippen LogP contribution in [0.5, 0.6) is 0 Å². The third-order valence-corrected chi connectivity index (χ3v) is 6.97. The first-order valence-corrected chi connectivity index (χ1v) is 13.2. The van der Waals surface area contributed by atoms with E-state index < -0.39 is 9.84 Å². The number of aromatic amines is 1. The second-order valence-corrected chi connectivity index (χ2v) is 10.5. The minimum Gasteiger partial charge on any atom is -0.352 e. The van der Waals surface area contributed by atoms with E-state index in [1.54, 1.807) is 42.9 Å². The molecule has 0 aliphatic carbocycles. The SMILES string of the molecule is Cc1cc(C(=O)Nc2ccc(S(C)(=O)=O)cc2)c(C)n1-c1ccccc1C(=O)NCCc1cnc[nH]1. The van der Waals surface area contributed by atoms with Crippen molar-refractivity contribution < 1.29 is 18.0 Å². The molecule has 0 saturated heterocycles. The maximum absolute atomic E-state index is 13.1. The zero-order valence-corrected chi connectivity index (χ0v) is 21.0. The molecule has 0 fully saturated rings. The molecule has 0 aliphatic heterocycles. The molecule has 3 N–H and O–H groups in total. The number of hydrogen-bond donors (Lipinski definition) is 3. The molecule has 10 heteroatoms. The van der Waals surface area contributed by atoms with Gasteiger partial charge in [0, 0.05) is 48.2 Å². The summed E-state index contributed by atoms with van der Waals surface area (Å²) in [7, 11) is -3.32. The van der Waals surface area contributed by atoms with Gasteiger partial charge in [0.15, 0.2) is 9.84 Å². The first-order valence-electron chi connectivity index (χ1n) is 11.3. The summed E-state index contributed by atoms with van der Waals surface area (Å²) in [4.78, 5) is 33.2. The van der Waals surface area contributed by atoms with Gasteiger partial charge in [0.1, 0.15) is 0 Å². The molecular weight excluding hydrogens is 478 g/mol. The van der Waals surface area contributed by atoms with E-state index in [1.807, 2.05) is 30.5 Å². The molecule has 0 aliphatic rings. The molecule has 0 saturated carbocycles. The number of carbonyl (C=O) groups excluding carboxylic acids is 2. The minimum atomic E-state index is -3.32. The number of aryl methyl sites for hydroxylation is 1. The summed E-state index contributed by atoms with van der Waals surface area (Å²) in [6.07, 6.45) is 5.08. The highest BCUT2D eigenvalue weighted by atomic mass is 32.2. The summed E-state index contributed by atoms with van der Waals surface area (Å²) < 4.78 is 25.2. The van der Waals surface area contributed by atoms with Crippen molar-refractivity contribution in [2.75, 3.05) is 18.1 Å². The number of amides is 2. The second-order valence-electron chi connectivity index (χ2n) is 8.47. The van der Waals surface area contributed by atoms with Crippen LogP contribution < -0.4 is 10.6 Å². The van der Waals surface area contributed by atoms with Crippen LogP contribution in [0.25, 0.3) is 5.69 Å². The smallest absolute Gasteiger partial charge is 0.257 e. The first-order chi connectivity index (χ1) is 17.1. The lowest BCUT2D eigenvalue weighted by Gasteiger charge is -2.15. The van der Waals surface area contributed by atoms with E-state index in [0.29, 0.717) is 41.2 Å². The molecule has 0 radical (unpaired) electrons. The predicted molar refractivity (Wildman–Crippen MR) is 137 cm³/mol. The Morgan fingerprint density at radius 1 is 1.00 bits per heavy atom. The molecule has 0 unspecified atom stereocenters. The van der Waals surface area contributed by atoms with E-state index >= 15 is 0 Å². The maximum atomic E-state index is 13.1. The fraction of sp³-hybridized carbons (Fsp3) is 0.192. The molecule has 0 bridgehead atoms. The molecule has 2 aromatic heterocycles. The van der Waals surface area contributed by atoms with Crippen molar-refractivity contribution in [3.63, 3.8) is 0 Å². The molecule has 2 amide bonds. The maximum Gasteiger partial charge on any atom is 0.257 e. The summed E-state index contributed by atoms with van der Waals surface area (Å²) in [5, 5.41) is 5.76. The van der Waals surface area contributed by atoms with Crippen LogP contribution in [0.4, 0.5) is 5.69 Å². The van der Waals surface area contributed by atoms with Gasteiger partial charge < -0.3 is 20.2 Å². The normalized spacial score (nSPS) is 11.3. The molecule has 0 spiro atoms. The van der Waals surface area contributed by atoms with Crippen LogP contribution in [-0.2, 0) is 16.3 Å². The summed E-state index contributed by atoms with van der Waals surface area (Å²) in [5.41, 5.74) is 4.50. The molecule has 0 atom stereocenters. The Morgan fingerprint density at radius 2 is 1.72 bits per heavy atom. The van der Waals surface area contributed by atoms with Gasteiger partial charge in [0.05, 0.1) is 28.0 Å². The number of H-pyrrole nitrogens is 1. The summed E-state index contributed by atoms with van der Waals surface area (Å²) in [5.74, 6) is -0.544. The van der Waals surface area contributed by atoms with Crippen molar-refractivity contribution in [1.29, 1.82) is 0 Å². The predicted octanol–water partition coefficient (Wildman–Crippen LogP) is 3.45. The van der Waals surface area contributed by atoms with Crippen molar-refractivity contribution in [2.45, 2.75) is 25.2 Å². The van der Waals surface area contributed by atoms with Crippen LogP contribution in [0.15, 0.2) is 72.0 Å². The number of nitrogens with one attached hydrogen (secondary N) is 3. The number of aromatic nitrogens is 3. The van der Waals surface area contributed by atoms with E-state index in [1.165, 1.54) is 12.1 Å². The van der Waals surface area contributed by atoms with Crippen LogP contribution in [0.2, 0.25) is 0 Å². The van der Waals surface area contributed by atoms with Crippen molar-refractivity contribution in [1.82, 2.24) is 19.9 Å². The van der Waals surface area contributed by atoms with E-state index in [9.17, 15) is 18.0 Å². The zero-order chi connectivity index (χ0) is 25.9. The van der Waals surface area contributed by atoms with E-state index in [4.69, 9.17) is 0 Å². The van der Waals surface area contributed by atoms with Crippen LogP contribution in [0.3, 0.4) is 0 Å². The molecule has 2 aromatic carbocycles. The number of benzene rings is 2. The van der Waals surface area contributed by atoms with Gasteiger partial charge >= 0.3 is 0 Å². The summed E-state index contributed by atoms with van der Waals surface area (Å²) >= 11 is 0. The van der Waals surface area contributed by atoms with E-state index in [2.05, 4.69) is 20.6 Å². The number of para-hydroxylation sites is 1. The molecule has 186 valence electrons. The average molecular weight is 506 g/mol. The largest absolute Gasteiger partial charge is 0.352 e. The van der Waals surface area contributed by atoms with Crippen molar-refractivity contribution in [3.8, 4) is 5.69 Å². The fourth-order valence-electron chi connectivity index (χ4n) is 4.04. The zero-order valence-electron chi connectivity index (χ0n) is 20.2. The number of anilines is 1. The van der Waals surface area contributed by atoms with Crippen LogP contribution >= 0.6 is 0 Å². The van der Waals surface area contributed by atoms with Gasteiger partial charge in [-0.25, -0.2) is 13.4 Å². The Balaban J connectivity index is 1.55. The third-order valence-electron chi connectivity index (χ3n) is 5.84. The van der Waals surface area contributed by atoms with Gasteiger partial charge in [-0.2, -0.15) is 0 Å². The van der Waals surface area contributed by atoms with Gasteiger partial charge in [0.25, 0.3) is 11.8 Å². The number of imidazole rings is 1. The fourth-order valence-corrected chi connectivity index (χ4v) is 4.67. The topological polar surface area (TPSA) is 126 Å². The lowest BCUT2D eigenvalue weighted by molar-refractivity contribution is 0.0953. The van der Waals surface area contributed by atoms with Crippen LogP contribution in [0, 0.1) is 13.8 Å². The van der Waals surface area contributed by atoms with E-state index in [-0.39, 0.29) is 16.7 Å². The highest BCUT2D eigenvalue weighted by molar-refractivity contribution is 7.90. The Kier molecular flexibility index (Phi) is 7.07. The van der Waals surface area contributed by atoms with Crippen molar-refractivity contribution in [3.05, 3.63) is 95.3 Å². The van der Waals surface area contributed by atoms with Gasteiger partial charge in [-0.1, -0.05) is 12.1 Å². The van der Waals surface area contributed by atoms with Gasteiger partial charge in [-0.3, -0.25) is 9.59 Å². The molecule has 2 heterocycles. The Labute approximate surface area is 209 Å². The molecule has 4 aromatic rings. The van der Waals surface area contributed by atoms with Gasteiger partial charge in [-0.15, -0.1) is 0 Å². The molecule has 4 rings (SSSR count). The minimum absolute atomic E-state index is 0.179. The van der Waals surface area contributed by atoms with Crippen molar-refractivity contribution in [2.24, 2.45) is 0 Å². The first kappa shape index (κ1) is 24.9. The number of carbonyl (C=O) groups is 2. The monoisotopic (exact) mass is 505 g/mol. The lowest BCUT2D eigenvalue weighted by atomic mass is 10.1. The second kappa shape index (κ2) is 10.2. The third kappa shape index (κ3) is 5.38. The standard InChI is InChI=1S/C26H27N5O4S/c1-17-14-23(26(33)30-19-8-10-21(11-9-19)36(3,34)35)18(2)31(17)24-7-5-4-6-22(24)25(32)28-13-12-20-15-27-16-29-20/h4-11,14-16H,12-13H2,1-3H3,(H,27,29)(H,28,32)(H,30,33). The molecule has 36 heavy (non-hydrogen) atoms. The summed E-state index contributed by atoms with van der Waals surface area (Å²) in [6.45, 7) is 4.14. The Bertz CT molecular complexity index is 1500. The van der Waals surface area contributed by atoms with Crippen LogP contribution in [-0.4, -0.2) is 47.6 Å². The molecular formula is C26H27N5O4S. The van der Waals surface area contributed by atoms with Gasteiger partial charge in [0.2, 0.25) is 0 Å². The highest BCUT2D eigenvalue weighted by Crippen LogP contribution is 2.25. The quantitative estimate of drug-likeness (QED) is 0.338. The highest BCUT2D eigenvalue weighted by Gasteiger charge is 2.20. The van der Waals surface area contributed by atoms with Gasteiger partial charge in [-0.05, 0) is 56.3 Å². The number of rotatable bonds is 8. The Hall–Kier alpha value is -4.18. The average Bonchev–Trinajstić information content (AvgIpc) is 3.46. The van der Waals surface area contributed by atoms with Crippen LogP contribution in [0.1, 0.15) is 37.8 Å². The molecule has 9 nitrogen and oxygen atoms in total. The number of sulfone groups is 1. The summed E-state index contributed by atoms with van der Waals surface area (Å²) in [6, 6.07) is 15.0. The number of nitrogens with zero attached hydrogens (tertiary/aromatic N) is 2. The number of hydrogen-bond acceptors (Lipinski definition) is 5.